The number of fused-ring (bicyclic) bond motifs is 1. The second-order valence-corrected chi connectivity index (χ2v) is 10.0. The van der Waals surface area contributed by atoms with Crippen molar-refractivity contribution >= 4 is 5.97 Å². The molecule has 3 aromatic carbocycles. The van der Waals surface area contributed by atoms with E-state index in [1.165, 1.54) is 25.3 Å². The standard InChI is InChI=1S/C31H33F2N3O4/c1-39-30(38)25-14-12-24(31(32,33)15-7-2-3-8-16-35-36-34)19-27(25)22-11-13-26-28(18-22)40-20-23(29(26)37)17-21-9-5-4-6-10-21/h4-6,9-14,18-19,23,29,37H,2-3,7-8,15-17,20H2,1H3/t23-,29+/m0/s1. The van der Waals surface area contributed by atoms with Gasteiger partial charge < -0.3 is 14.6 Å². The number of aliphatic hydroxyl groups excluding tert-OH is 1. The minimum Gasteiger partial charge on any atom is -0.493 e. The van der Waals surface area contributed by atoms with E-state index in [0.29, 0.717) is 67.7 Å². The lowest BCUT2D eigenvalue weighted by atomic mass is 9.86. The lowest BCUT2D eigenvalue weighted by Gasteiger charge is -2.31. The third-order valence-corrected chi connectivity index (χ3v) is 7.29. The Morgan fingerprint density at radius 2 is 1.88 bits per heavy atom. The third kappa shape index (κ3) is 6.97. The molecule has 1 aliphatic rings. The highest BCUT2D eigenvalue weighted by Gasteiger charge is 2.33. The minimum absolute atomic E-state index is 0.132. The van der Waals surface area contributed by atoms with Crippen LogP contribution in [0.2, 0.25) is 0 Å². The number of alkyl halides is 2. The fourth-order valence-electron chi connectivity index (χ4n) is 5.07. The first-order valence-corrected chi connectivity index (χ1v) is 13.4. The van der Waals surface area contributed by atoms with Gasteiger partial charge in [0.05, 0.1) is 25.4 Å². The summed E-state index contributed by atoms with van der Waals surface area (Å²) >= 11 is 0. The first kappa shape index (κ1) is 29.1. The number of unbranched alkanes of at least 4 members (excludes halogenated alkanes) is 3. The van der Waals surface area contributed by atoms with Crippen LogP contribution in [0, 0.1) is 5.92 Å². The van der Waals surface area contributed by atoms with Crippen molar-refractivity contribution in [1.29, 1.82) is 0 Å². The van der Waals surface area contributed by atoms with Crippen LogP contribution in [0.3, 0.4) is 0 Å². The van der Waals surface area contributed by atoms with Crippen LogP contribution in [-0.2, 0) is 17.1 Å². The van der Waals surface area contributed by atoms with E-state index in [2.05, 4.69) is 10.0 Å². The van der Waals surface area contributed by atoms with Crippen molar-refractivity contribution in [2.45, 2.75) is 50.6 Å². The topological polar surface area (TPSA) is 105 Å². The predicted octanol–water partition coefficient (Wildman–Crippen LogP) is 7.78. The van der Waals surface area contributed by atoms with Crippen molar-refractivity contribution in [3.8, 4) is 16.9 Å². The van der Waals surface area contributed by atoms with Crippen LogP contribution >= 0.6 is 0 Å². The number of hydrogen-bond acceptors (Lipinski definition) is 5. The van der Waals surface area contributed by atoms with Gasteiger partial charge in [-0.25, -0.2) is 13.6 Å². The first-order chi connectivity index (χ1) is 19.3. The number of ether oxygens (including phenoxy) is 2. The van der Waals surface area contributed by atoms with Crippen LogP contribution in [0.4, 0.5) is 8.78 Å². The van der Waals surface area contributed by atoms with Crippen molar-refractivity contribution in [2.75, 3.05) is 20.3 Å². The number of carbonyl (C=O) groups excluding carboxylic acids is 1. The van der Waals surface area contributed by atoms with Gasteiger partial charge in [0.1, 0.15) is 5.75 Å². The van der Waals surface area contributed by atoms with E-state index in [-0.39, 0.29) is 23.5 Å². The zero-order valence-corrected chi connectivity index (χ0v) is 22.4. The van der Waals surface area contributed by atoms with Crippen LogP contribution in [-0.4, -0.2) is 31.3 Å². The monoisotopic (exact) mass is 549 g/mol. The van der Waals surface area contributed by atoms with Gasteiger partial charge in [-0.1, -0.05) is 66.5 Å². The number of hydrogen-bond donors (Lipinski definition) is 1. The number of carbonyl (C=O) groups is 1. The fourth-order valence-corrected chi connectivity index (χ4v) is 5.07. The number of methoxy groups -OCH3 is 1. The number of halogens is 2. The van der Waals surface area contributed by atoms with Gasteiger partial charge in [0, 0.05) is 34.9 Å². The molecule has 9 heteroatoms. The summed E-state index contributed by atoms with van der Waals surface area (Å²) in [6.45, 7) is 0.664. The molecule has 0 saturated heterocycles. The molecule has 1 N–H and O–H groups in total. The third-order valence-electron chi connectivity index (χ3n) is 7.29. The zero-order valence-electron chi connectivity index (χ0n) is 22.4. The average Bonchev–Trinajstić information content (AvgIpc) is 2.97. The highest BCUT2D eigenvalue weighted by molar-refractivity contribution is 5.97. The first-order valence-electron chi connectivity index (χ1n) is 13.4. The quantitative estimate of drug-likeness (QED) is 0.0819. The molecule has 0 spiro atoms. The molecular formula is C31H33F2N3O4. The lowest BCUT2D eigenvalue weighted by Crippen LogP contribution is -2.27. The van der Waals surface area contributed by atoms with Crippen molar-refractivity contribution in [1.82, 2.24) is 0 Å². The number of aliphatic hydroxyl groups is 1. The molecule has 0 bridgehead atoms. The van der Waals surface area contributed by atoms with Crippen LogP contribution < -0.4 is 4.74 Å². The van der Waals surface area contributed by atoms with E-state index in [1.54, 1.807) is 18.2 Å². The van der Waals surface area contributed by atoms with E-state index < -0.39 is 18.0 Å². The molecule has 0 radical (unpaired) electrons. The van der Waals surface area contributed by atoms with Crippen LogP contribution in [0.1, 0.15) is 65.3 Å². The largest absolute Gasteiger partial charge is 0.493 e. The van der Waals surface area contributed by atoms with Crippen molar-refractivity contribution in [3.63, 3.8) is 0 Å². The number of azide groups is 1. The molecule has 1 heterocycles. The number of nitrogens with zero attached hydrogens (tertiary/aromatic N) is 3. The average molecular weight is 550 g/mol. The molecule has 2 atom stereocenters. The molecule has 3 aromatic rings. The second kappa shape index (κ2) is 13.4. The Hall–Kier alpha value is -3.94. The summed E-state index contributed by atoms with van der Waals surface area (Å²) in [5.41, 5.74) is 10.8. The SMILES string of the molecule is COC(=O)c1ccc(C(F)(F)CCCCCCN=[N+]=[N-])cc1-c1ccc2c(c1)OC[C@H](Cc1ccccc1)[C@H]2O. The van der Waals surface area contributed by atoms with E-state index in [0.717, 1.165) is 5.56 Å². The summed E-state index contributed by atoms with van der Waals surface area (Å²) in [5.74, 6) is -3.40. The Morgan fingerprint density at radius 3 is 2.62 bits per heavy atom. The summed E-state index contributed by atoms with van der Waals surface area (Å²) < 4.78 is 41.3. The highest BCUT2D eigenvalue weighted by atomic mass is 19.3. The zero-order chi connectivity index (χ0) is 28.5. The minimum atomic E-state index is -3.10. The van der Waals surface area contributed by atoms with Gasteiger partial charge in [-0.15, -0.1) is 0 Å². The molecule has 7 nitrogen and oxygen atoms in total. The van der Waals surface area contributed by atoms with Gasteiger partial charge in [-0.2, -0.15) is 0 Å². The van der Waals surface area contributed by atoms with E-state index in [9.17, 15) is 9.90 Å². The molecule has 0 saturated carbocycles. The number of rotatable bonds is 12. The van der Waals surface area contributed by atoms with Gasteiger partial charge in [-0.3, -0.25) is 0 Å². The van der Waals surface area contributed by atoms with Crippen molar-refractivity contribution in [2.24, 2.45) is 11.0 Å². The van der Waals surface area contributed by atoms with Gasteiger partial charge in [-0.05, 0) is 59.7 Å². The molecule has 210 valence electrons. The maximum Gasteiger partial charge on any atom is 0.338 e. The van der Waals surface area contributed by atoms with Gasteiger partial charge >= 0.3 is 5.97 Å². The molecule has 0 unspecified atom stereocenters. The Morgan fingerprint density at radius 1 is 1.10 bits per heavy atom. The molecule has 0 aromatic heterocycles. The molecule has 0 aliphatic carbocycles. The number of esters is 1. The smallest absolute Gasteiger partial charge is 0.338 e. The summed E-state index contributed by atoms with van der Waals surface area (Å²) in [4.78, 5) is 15.2. The van der Waals surface area contributed by atoms with Crippen molar-refractivity contribution < 1.29 is 28.2 Å². The van der Waals surface area contributed by atoms with Crippen LogP contribution in [0.15, 0.2) is 71.8 Å². The molecule has 0 amide bonds. The normalized spacial score (nSPS) is 16.4. The van der Waals surface area contributed by atoms with E-state index in [4.69, 9.17) is 15.0 Å². The molecule has 0 fully saturated rings. The number of benzene rings is 3. The summed E-state index contributed by atoms with van der Waals surface area (Å²) in [6, 6.07) is 19.0. The summed E-state index contributed by atoms with van der Waals surface area (Å²) in [5, 5.41) is 14.5. The molecule has 40 heavy (non-hydrogen) atoms. The molecule has 4 rings (SSSR count). The predicted molar refractivity (Wildman–Crippen MR) is 148 cm³/mol. The van der Waals surface area contributed by atoms with E-state index >= 15 is 8.78 Å². The summed E-state index contributed by atoms with van der Waals surface area (Å²) in [7, 11) is 1.25. The van der Waals surface area contributed by atoms with Crippen LogP contribution in [0.25, 0.3) is 21.6 Å². The fraction of sp³-hybridized carbons (Fsp3) is 0.387. The maximum absolute atomic E-state index is 15.2. The Balaban J connectivity index is 1.55. The Labute approximate surface area is 232 Å². The van der Waals surface area contributed by atoms with Crippen molar-refractivity contribution in [3.05, 3.63) is 99.4 Å². The van der Waals surface area contributed by atoms with Gasteiger partial charge in [0.2, 0.25) is 0 Å². The Kier molecular flexibility index (Phi) is 9.74. The molecular weight excluding hydrogens is 516 g/mol. The van der Waals surface area contributed by atoms with Gasteiger partial charge in [0.15, 0.2) is 0 Å². The van der Waals surface area contributed by atoms with Gasteiger partial charge in [0.25, 0.3) is 5.92 Å². The Bertz CT molecular complexity index is 1360. The van der Waals surface area contributed by atoms with E-state index in [1.807, 2.05) is 30.3 Å². The summed E-state index contributed by atoms with van der Waals surface area (Å²) in [6.07, 6.45) is 1.84. The highest BCUT2D eigenvalue weighted by Crippen LogP contribution is 2.41. The second-order valence-electron chi connectivity index (χ2n) is 10.0. The maximum atomic E-state index is 15.2. The van der Waals surface area contributed by atoms with Crippen LogP contribution in [0.5, 0.6) is 5.75 Å². The molecule has 1 aliphatic heterocycles. The lowest BCUT2D eigenvalue weighted by molar-refractivity contribution is -0.0158.